The second kappa shape index (κ2) is 7.25. The van der Waals surface area contributed by atoms with Crippen LogP contribution in [0.2, 0.25) is 0 Å². The minimum Gasteiger partial charge on any atom is -0.319 e. The summed E-state index contributed by atoms with van der Waals surface area (Å²) in [5, 5.41) is 3.26. The van der Waals surface area contributed by atoms with Crippen LogP contribution in [0.3, 0.4) is 0 Å². The lowest BCUT2D eigenvalue weighted by Gasteiger charge is -2.31. The van der Waals surface area contributed by atoms with Crippen LogP contribution in [0.4, 0.5) is 0 Å². The molecule has 0 aromatic carbocycles. The van der Waals surface area contributed by atoms with Crippen molar-refractivity contribution >= 4 is 0 Å². The van der Waals surface area contributed by atoms with Gasteiger partial charge in [0, 0.05) is 19.1 Å². The van der Waals surface area contributed by atoms with E-state index in [0.717, 1.165) is 6.54 Å². The SMILES string of the molecule is CNCC(C)C(C)N(C)CCN1CCCC1. The lowest BCUT2D eigenvalue weighted by Crippen LogP contribution is -2.41. The van der Waals surface area contributed by atoms with Gasteiger partial charge in [-0.1, -0.05) is 6.92 Å². The molecule has 0 aromatic rings. The van der Waals surface area contributed by atoms with Crippen LogP contribution in [0, 0.1) is 5.92 Å². The molecule has 0 bridgehead atoms. The van der Waals surface area contributed by atoms with Crippen molar-refractivity contribution in [2.45, 2.75) is 32.7 Å². The zero-order valence-corrected chi connectivity index (χ0v) is 11.5. The summed E-state index contributed by atoms with van der Waals surface area (Å²) in [6, 6.07) is 0.662. The van der Waals surface area contributed by atoms with Crippen molar-refractivity contribution in [3.05, 3.63) is 0 Å². The molecule has 1 fully saturated rings. The molecular weight excluding hydrogens is 198 g/mol. The van der Waals surface area contributed by atoms with Crippen LogP contribution in [0.1, 0.15) is 26.7 Å². The molecule has 1 rings (SSSR count). The molecule has 0 saturated carbocycles. The maximum absolute atomic E-state index is 3.26. The summed E-state index contributed by atoms with van der Waals surface area (Å²) < 4.78 is 0. The van der Waals surface area contributed by atoms with E-state index in [1.807, 2.05) is 7.05 Å². The Labute approximate surface area is 101 Å². The average molecular weight is 227 g/mol. The fourth-order valence-corrected chi connectivity index (χ4v) is 2.44. The highest BCUT2D eigenvalue weighted by Gasteiger charge is 2.18. The Morgan fingerprint density at radius 2 is 1.88 bits per heavy atom. The van der Waals surface area contributed by atoms with Crippen LogP contribution in [0.25, 0.3) is 0 Å². The Balaban J connectivity index is 2.19. The Morgan fingerprint density at radius 1 is 1.25 bits per heavy atom. The normalized spacial score (nSPS) is 21.6. The monoisotopic (exact) mass is 227 g/mol. The van der Waals surface area contributed by atoms with Gasteiger partial charge in [0.15, 0.2) is 0 Å². The van der Waals surface area contributed by atoms with Gasteiger partial charge >= 0.3 is 0 Å². The maximum atomic E-state index is 3.26. The molecule has 1 saturated heterocycles. The van der Waals surface area contributed by atoms with Crippen molar-refractivity contribution < 1.29 is 0 Å². The van der Waals surface area contributed by atoms with Gasteiger partial charge in [-0.25, -0.2) is 0 Å². The van der Waals surface area contributed by atoms with Gasteiger partial charge in [0.25, 0.3) is 0 Å². The van der Waals surface area contributed by atoms with E-state index in [0.29, 0.717) is 12.0 Å². The number of hydrogen-bond donors (Lipinski definition) is 1. The van der Waals surface area contributed by atoms with E-state index in [9.17, 15) is 0 Å². The van der Waals surface area contributed by atoms with Crippen molar-refractivity contribution in [1.29, 1.82) is 0 Å². The Hall–Kier alpha value is -0.120. The van der Waals surface area contributed by atoms with Crippen LogP contribution < -0.4 is 5.32 Å². The topological polar surface area (TPSA) is 18.5 Å². The molecule has 2 unspecified atom stereocenters. The smallest absolute Gasteiger partial charge is 0.0109 e. The highest BCUT2D eigenvalue weighted by atomic mass is 15.2. The highest BCUT2D eigenvalue weighted by molar-refractivity contribution is 4.74. The Morgan fingerprint density at radius 3 is 2.44 bits per heavy atom. The summed E-state index contributed by atoms with van der Waals surface area (Å²) in [5.74, 6) is 0.716. The molecule has 96 valence electrons. The number of likely N-dealkylation sites (N-methyl/N-ethyl adjacent to an activating group) is 1. The summed E-state index contributed by atoms with van der Waals surface area (Å²) >= 11 is 0. The fourth-order valence-electron chi connectivity index (χ4n) is 2.44. The van der Waals surface area contributed by atoms with E-state index < -0.39 is 0 Å². The van der Waals surface area contributed by atoms with Crippen molar-refractivity contribution in [3.63, 3.8) is 0 Å². The largest absolute Gasteiger partial charge is 0.319 e. The van der Waals surface area contributed by atoms with Crippen molar-refractivity contribution in [2.24, 2.45) is 5.92 Å². The zero-order chi connectivity index (χ0) is 12.0. The molecule has 3 nitrogen and oxygen atoms in total. The standard InChI is InChI=1S/C13H29N3/c1-12(11-14-3)13(2)15(4)9-10-16-7-5-6-8-16/h12-14H,5-11H2,1-4H3. The van der Waals surface area contributed by atoms with Crippen LogP contribution in [-0.4, -0.2) is 62.7 Å². The van der Waals surface area contributed by atoms with Crippen LogP contribution in [-0.2, 0) is 0 Å². The number of hydrogen-bond acceptors (Lipinski definition) is 3. The molecule has 0 radical (unpaired) electrons. The quantitative estimate of drug-likeness (QED) is 0.706. The molecule has 0 aromatic heterocycles. The second-order valence-electron chi connectivity index (χ2n) is 5.30. The van der Waals surface area contributed by atoms with Gasteiger partial charge in [0.2, 0.25) is 0 Å². The summed E-state index contributed by atoms with van der Waals surface area (Å²) in [6.07, 6.45) is 2.80. The Bertz CT molecular complexity index is 178. The van der Waals surface area contributed by atoms with Crippen LogP contribution in [0.15, 0.2) is 0 Å². The Kier molecular flexibility index (Phi) is 6.32. The molecule has 3 heteroatoms. The van der Waals surface area contributed by atoms with Crippen LogP contribution in [0.5, 0.6) is 0 Å². The summed E-state index contributed by atoms with van der Waals surface area (Å²) in [7, 11) is 4.29. The molecule has 1 aliphatic rings. The third-order valence-electron chi connectivity index (χ3n) is 4.01. The number of nitrogens with one attached hydrogen (secondary N) is 1. The van der Waals surface area contributed by atoms with Gasteiger partial charge in [-0.05, 0) is 59.4 Å². The lowest BCUT2D eigenvalue weighted by atomic mass is 10.0. The summed E-state index contributed by atoms with van der Waals surface area (Å²) in [4.78, 5) is 5.09. The third kappa shape index (κ3) is 4.40. The van der Waals surface area contributed by atoms with Gasteiger partial charge < -0.3 is 15.1 Å². The predicted molar refractivity (Wildman–Crippen MR) is 70.9 cm³/mol. The van der Waals surface area contributed by atoms with E-state index in [4.69, 9.17) is 0 Å². The molecule has 1 aliphatic heterocycles. The molecule has 0 spiro atoms. The second-order valence-corrected chi connectivity index (χ2v) is 5.30. The summed E-state index contributed by atoms with van der Waals surface area (Å²) in [6.45, 7) is 10.8. The molecular formula is C13H29N3. The molecule has 1 heterocycles. The maximum Gasteiger partial charge on any atom is 0.0109 e. The lowest BCUT2D eigenvalue weighted by molar-refractivity contribution is 0.174. The van der Waals surface area contributed by atoms with E-state index in [2.05, 4.69) is 36.0 Å². The molecule has 0 amide bonds. The van der Waals surface area contributed by atoms with E-state index in [-0.39, 0.29) is 0 Å². The molecule has 0 aliphatic carbocycles. The van der Waals surface area contributed by atoms with Crippen molar-refractivity contribution in [2.75, 3.05) is 46.8 Å². The minimum atomic E-state index is 0.662. The first-order valence-corrected chi connectivity index (χ1v) is 6.72. The first kappa shape index (κ1) is 13.9. The fraction of sp³-hybridized carbons (Fsp3) is 1.00. The highest BCUT2D eigenvalue weighted by Crippen LogP contribution is 2.10. The number of nitrogens with zero attached hydrogens (tertiary/aromatic N) is 2. The average Bonchev–Trinajstić information content (AvgIpc) is 2.78. The van der Waals surface area contributed by atoms with E-state index in [1.54, 1.807) is 0 Å². The minimum absolute atomic E-state index is 0.662. The van der Waals surface area contributed by atoms with Crippen molar-refractivity contribution in [1.82, 2.24) is 15.1 Å². The first-order valence-electron chi connectivity index (χ1n) is 6.72. The van der Waals surface area contributed by atoms with Crippen LogP contribution >= 0.6 is 0 Å². The van der Waals surface area contributed by atoms with Crippen molar-refractivity contribution in [3.8, 4) is 0 Å². The van der Waals surface area contributed by atoms with Gasteiger partial charge in [-0.2, -0.15) is 0 Å². The summed E-state index contributed by atoms with van der Waals surface area (Å²) in [5.41, 5.74) is 0. The first-order chi connectivity index (χ1) is 7.65. The van der Waals surface area contributed by atoms with E-state index in [1.165, 1.54) is 39.0 Å². The van der Waals surface area contributed by atoms with Gasteiger partial charge in [0.05, 0.1) is 0 Å². The molecule has 2 atom stereocenters. The van der Waals surface area contributed by atoms with E-state index >= 15 is 0 Å². The number of rotatable bonds is 7. The predicted octanol–water partition coefficient (Wildman–Crippen LogP) is 1.26. The number of likely N-dealkylation sites (tertiary alicyclic amines) is 1. The molecule has 1 N–H and O–H groups in total. The van der Waals surface area contributed by atoms with Gasteiger partial charge in [-0.3, -0.25) is 0 Å². The molecule has 16 heavy (non-hydrogen) atoms. The zero-order valence-electron chi connectivity index (χ0n) is 11.5. The van der Waals surface area contributed by atoms with Gasteiger partial charge in [0.1, 0.15) is 0 Å². The third-order valence-corrected chi connectivity index (χ3v) is 4.01. The van der Waals surface area contributed by atoms with Gasteiger partial charge in [-0.15, -0.1) is 0 Å².